The monoisotopic (exact) mass is 218 g/mol. The summed E-state index contributed by atoms with van der Waals surface area (Å²) in [6, 6.07) is -0.155. The minimum Gasteiger partial charge on any atom is -0.383 e. The molecule has 2 atom stereocenters. The zero-order valence-corrected chi connectivity index (χ0v) is 10.0. The van der Waals surface area contributed by atoms with E-state index in [9.17, 15) is 4.79 Å². The Bertz CT molecular complexity index is 188. The second-order valence-corrected chi connectivity index (χ2v) is 3.61. The van der Waals surface area contributed by atoms with Gasteiger partial charge < -0.3 is 15.2 Å². The van der Waals surface area contributed by atoms with Crippen molar-refractivity contribution >= 4 is 5.91 Å². The van der Waals surface area contributed by atoms with Crippen LogP contribution in [0.15, 0.2) is 0 Å². The van der Waals surface area contributed by atoms with Gasteiger partial charge in [0.25, 0.3) is 0 Å². The molecule has 0 aromatic carbocycles. The van der Waals surface area contributed by atoms with E-state index in [2.05, 4.69) is 0 Å². The molecule has 15 heavy (non-hydrogen) atoms. The molecule has 1 amide bonds. The SMILES string of the molecule is COCCN(C(C)COC)C(C)C(N)=O. The molecule has 0 spiro atoms. The summed E-state index contributed by atoms with van der Waals surface area (Å²) in [6.45, 7) is 5.61. The number of hydrogen-bond donors (Lipinski definition) is 1. The predicted molar refractivity (Wildman–Crippen MR) is 58.6 cm³/mol. The quantitative estimate of drug-likeness (QED) is 0.615. The molecule has 5 heteroatoms. The van der Waals surface area contributed by atoms with Crippen LogP contribution >= 0.6 is 0 Å². The fraction of sp³-hybridized carbons (Fsp3) is 0.900. The zero-order valence-electron chi connectivity index (χ0n) is 10.0. The minimum absolute atomic E-state index is 0.146. The Hall–Kier alpha value is -0.650. The molecule has 0 aliphatic heterocycles. The topological polar surface area (TPSA) is 64.8 Å². The first-order valence-corrected chi connectivity index (χ1v) is 5.07. The minimum atomic E-state index is -0.325. The van der Waals surface area contributed by atoms with E-state index in [0.29, 0.717) is 19.8 Å². The highest BCUT2D eigenvalue weighted by molar-refractivity contribution is 5.79. The fourth-order valence-electron chi connectivity index (χ4n) is 1.49. The highest BCUT2D eigenvalue weighted by Gasteiger charge is 2.23. The lowest BCUT2D eigenvalue weighted by Crippen LogP contribution is -2.50. The van der Waals surface area contributed by atoms with Crippen LogP contribution in [0.3, 0.4) is 0 Å². The Morgan fingerprint density at radius 1 is 1.33 bits per heavy atom. The number of nitrogens with two attached hydrogens (primary N) is 1. The number of nitrogens with zero attached hydrogens (tertiary/aromatic N) is 1. The molecule has 0 rings (SSSR count). The number of methoxy groups -OCH3 is 2. The van der Waals surface area contributed by atoms with E-state index in [-0.39, 0.29) is 18.0 Å². The van der Waals surface area contributed by atoms with E-state index < -0.39 is 0 Å². The Balaban J connectivity index is 4.34. The maximum atomic E-state index is 11.1. The Labute approximate surface area is 91.5 Å². The third kappa shape index (κ3) is 5.11. The Kier molecular flexibility index (Phi) is 7.29. The average molecular weight is 218 g/mol. The largest absolute Gasteiger partial charge is 0.383 e. The normalized spacial score (nSPS) is 15.3. The van der Waals surface area contributed by atoms with E-state index >= 15 is 0 Å². The lowest BCUT2D eigenvalue weighted by atomic mass is 10.2. The highest BCUT2D eigenvalue weighted by atomic mass is 16.5. The van der Waals surface area contributed by atoms with Crippen molar-refractivity contribution in [2.24, 2.45) is 5.73 Å². The van der Waals surface area contributed by atoms with Gasteiger partial charge in [-0.2, -0.15) is 0 Å². The van der Waals surface area contributed by atoms with Crippen LogP contribution in [0.25, 0.3) is 0 Å². The number of ether oxygens (including phenoxy) is 2. The van der Waals surface area contributed by atoms with Gasteiger partial charge in [0, 0.05) is 26.8 Å². The van der Waals surface area contributed by atoms with E-state index in [1.165, 1.54) is 0 Å². The molecule has 2 N–H and O–H groups in total. The van der Waals surface area contributed by atoms with Crippen LogP contribution in [0.4, 0.5) is 0 Å². The molecule has 0 heterocycles. The van der Waals surface area contributed by atoms with Crippen LogP contribution in [0, 0.1) is 0 Å². The van der Waals surface area contributed by atoms with Crippen molar-refractivity contribution in [1.29, 1.82) is 0 Å². The van der Waals surface area contributed by atoms with Crippen molar-refractivity contribution in [2.45, 2.75) is 25.9 Å². The molecule has 2 unspecified atom stereocenters. The zero-order chi connectivity index (χ0) is 11.8. The number of hydrogen-bond acceptors (Lipinski definition) is 4. The standard InChI is InChI=1S/C10H22N2O3/c1-8(7-15-4)12(5-6-14-3)9(2)10(11)13/h8-9H,5-7H2,1-4H3,(H2,11,13). The van der Waals surface area contributed by atoms with Crippen molar-refractivity contribution < 1.29 is 14.3 Å². The third-order valence-corrected chi connectivity index (χ3v) is 2.44. The molecular formula is C10H22N2O3. The van der Waals surface area contributed by atoms with Gasteiger partial charge in [-0.1, -0.05) is 0 Å². The van der Waals surface area contributed by atoms with Gasteiger partial charge in [0.2, 0.25) is 5.91 Å². The molecule has 90 valence electrons. The summed E-state index contributed by atoms with van der Waals surface area (Å²) in [6.07, 6.45) is 0. The van der Waals surface area contributed by atoms with Crippen LogP contribution in [-0.2, 0) is 14.3 Å². The second kappa shape index (κ2) is 7.62. The van der Waals surface area contributed by atoms with Gasteiger partial charge in [-0.3, -0.25) is 9.69 Å². The predicted octanol–water partition coefficient (Wildman–Crippen LogP) is -0.156. The van der Waals surface area contributed by atoms with E-state index in [0.717, 1.165) is 0 Å². The first-order chi connectivity index (χ1) is 7.04. The molecular weight excluding hydrogens is 196 g/mol. The maximum Gasteiger partial charge on any atom is 0.234 e. The number of carbonyl (C=O) groups is 1. The molecule has 0 aliphatic carbocycles. The van der Waals surface area contributed by atoms with Crippen LogP contribution in [0.2, 0.25) is 0 Å². The molecule has 0 saturated carbocycles. The first-order valence-electron chi connectivity index (χ1n) is 5.07. The second-order valence-electron chi connectivity index (χ2n) is 3.61. The van der Waals surface area contributed by atoms with Gasteiger partial charge in [0.05, 0.1) is 19.3 Å². The van der Waals surface area contributed by atoms with E-state index in [1.54, 1.807) is 21.1 Å². The average Bonchev–Trinajstić information content (AvgIpc) is 2.18. The van der Waals surface area contributed by atoms with Crippen LogP contribution in [0.1, 0.15) is 13.8 Å². The van der Waals surface area contributed by atoms with Gasteiger partial charge in [0.15, 0.2) is 0 Å². The fourth-order valence-corrected chi connectivity index (χ4v) is 1.49. The smallest absolute Gasteiger partial charge is 0.234 e. The summed E-state index contributed by atoms with van der Waals surface area (Å²) in [5.74, 6) is -0.325. The molecule has 0 saturated heterocycles. The van der Waals surface area contributed by atoms with Crippen molar-refractivity contribution in [1.82, 2.24) is 4.90 Å². The van der Waals surface area contributed by atoms with Crippen molar-refractivity contribution in [2.75, 3.05) is 34.0 Å². The maximum absolute atomic E-state index is 11.1. The molecule has 0 bridgehead atoms. The van der Waals surface area contributed by atoms with Gasteiger partial charge in [-0.15, -0.1) is 0 Å². The van der Waals surface area contributed by atoms with Gasteiger partial charge in [-0.05, 0) is 13.8 Å². The summed E-state index contributed by atoms with van der Waals surface area (Å²) in [7, 11) is 3.27. The van der Waals surface area contributed by atoms with Crippen molar-refractivity contribution in [3.63, 3.8) is 0 Å². The first kappa shape index (κ1) is 14.3. The number of carbonyl (C=O) groups excluding carboxylic acids is 1. The molecule has 0 aliphatic rings. The van der Waals surface area contributed by atoms with Crippen LogP contribution < -0.4 is 5.73 Å². The number of rotatable bonds is 8. The third-order valence-electron chi connectivity index (χ3n) is 2.44. The highest BCUT2D eigenvalue weighted by Crippen LogP contribution is 2.05. The molecule has 5 nitrogen and oxygen atoms in total. The number of primary amides is 1. The summed E-state index contributed by atoms with van der Waals surface area (Å²) in [4.78, 5) is 13.1. The van der Waals surface area contributed by atoms with Crippen LogP contribution in [0.5, 0.6) is 0 Å². The Morgan fingerprint density at radius 3 is 2.33 bits per heavy atom. The lowest BCUT2D eigenvalue weighted by molar-refractivity contribution is -0.124. The van der Waals surface area contributed by atoms with Gasteiger partial charge >= 0.3 is 0 Å². The van der Waals surface area contributed by atoms with E-state index in [4.69, 9.17) is 15.2 Å². The summed E-state index contributed by atoms with van der Waals surface area (Å²) in [5, 5.41) is 0. The van der Waals surface area contributed by atoms with E-state index in [1.807, 2.05) is 11.8 Å². The molecule has 0 radical (unpaired) electrons. The molecule has 0 aromatic rings. The molecule has 0 fully saturated rings. The molecule has 0 aromatic heterocycles. The van der Waals surface area contributed by atoms with Crippen molar-refractivity contribution in [3.05, 3.63) is 0 Å². The summed E-state index contributed by atoms with van der Waals surface area (Å²) in [5.41, 5.74) is 5.28. The lowest BCUT2D eigenvalue weighted by Gasteiger charge is -2.32. The van der Waals surface area contributed by atoms with Gasteiger partial charge in [0.1, 0.15) is 0 Å². The van der Waals surface area contributed by atoms with Crippen molar-refractivity contribution in [3.8, 4) is 0 Å². The summed E-state index contributed by atoms with van der Waals surface area (Å²) >= 11 is 0. The van der Waals surface area contributed by atoms with Gasteiger partial charge in [-0.25, -0.2) is 0 Å². The summed E-state index contributed by atoms with van der Waals surface area (Å²) < 4.78 is 10.1. The Morgan fingerprint density at radius 2 is 1.93 bits per heavy atom. The number of amides is 1. The van der Waals surface area contributed by atoms with Crippen LogP contribution in [-0.4, -0.2) is 56.9 Å².